The number of nitroso groups, excluding NO2 is 1. The van der Waals surface area contributed by atoms with E-state index in [2.05, 4.69) is 39.8 Å². The molecule has 0 bridgehead atoms. The van der Waals surface area contributed by atoms with Gasteiger partial charge in [0, 0.05) is 0 Å². The molecule has 1 aliphatic heterocycles. The molecule has 0 aromatic carbocycles. The molecule has 0 amide bonds. The summed E-state index contributed by atoms with van der Waals surface area (Å²) in [6.45, 7) is 12.6. The maximum atomic E-state index is 10.7. The van der Waals surface area contributed by atoms with Crippen molar-refractivity contribution in [2.24, 2.45) is 57.4 Å². The summed E-state index contributed by atoms with van der Waals surface area (Å²) in [5.41, 5.74) is 0.789. The van der Waals surface area contributed by atoms with Crippen molar-refractivity contribution in [1.29, 1.82) is 0 Å². The number of rotatable bonds is 5. The molecule has 5 aliphatic rings. The van der Waals surface area contributed by atoms with Crippen LogP contribution in [-0.4, -0.2) is 29.5 Å². The van der Waals surface area contributed by atoms with Crippen molar-refractivity contribution in [3.05, 3.63) is 4.91 Å². The molecule has 1 heterocycles. The van der Waals surface area contributed by atoms with Crippen LogP contribution in [0.5, 0.6) is 0 Å². The van der Waals surface area contributed by atoms with Crippen LogP contribution in [-0.2, 0) is 4.74 Å². The zero-order chi connectivity index (χ0) is 23.6. The van der Waals surface area contributed by atoms with Gasteiger partial charge in [0.2, 0.25) is 0 Å². The Hall–Kier alpha value is -0.480. The number of nitrogens with zero attached hydrogens (tertiary/aromatic N) is 1. The van der Waals surface area contributed by atoms with E-state index in [1.807, 2.05) is 0 Å². The lowest BCUT2D eigenvalue weighted by atomic mass is 9.51. The van der Waals surface area contributed by atoms with Crippen LogP contribution in [0.4, 0.5) is 0 Å². The molecule has 5 rings (SSSR count). The molecule has 1 N–H and O–H groups in total. The van der Waals surface area contributed by atoms with Crippen molar-refractivity contribution in [3.8, 4) is 0 Å². The van der Waals surface area contributed by atoms with E-state index in [4.69, 9.17) is 4.74 Å². The van der Waals surface area contributed by atoms with Crippen LogP contribution in [0.15, 0.2) is 5.18 Å². The third kappa shape index (κ3) is 3.85. The van der Waals surface area contributed by atoms with Gasteiger partial charge in [-0.1, -0.05) is 32.9 Å². The predicted octanol–water partition coefficient (Wildman–Crippen LogP) is 6.98. The number of ether oxygens (including phenoxy) is 1. The molecule has 0 aromatic rings. The summed E-state index contributed by atoms with van der Waals surface area (Å²) in [6.07, 6.45) is 13.9. The molecule has 4 aliphatic carbocycles. The van der Waals surface area contributed by atoms with E-state index in [0.717, 1.165) is 49.4 Å². The van der Waals surface area contributed by atoms with Gasteiger partial charge in [-0.15, -0.1) is 0 Å². The van der Waals surface area contributed by atoms with Crippen LogP contribution in [0.1, 0.15) is 105 Å². The van der Waals surface area contributed by atoms with Gasteiger partial charge in [-0.2, -0.15) is 4.91 Å². The second-order valence-electron chi connectivity index (χ2n) is 14.0. The van der Waals surface area contributed by atoms with Gasteiger partial charge in [0.15, 0.2) is 0 Å². The molecule has 4 heteroatoms. The maximum Gasteiger partial charge on any atom is 0.0836 e. The van der Waals surface area contributed by atoms with E-state index in [-0.39, 0.29) is 11.7 Å². The quantitative estimate of drug-likeness (QED) is 0.451. The minimum atomic E-state index is -0.0594. The van der Waals surface area contributed by atoms with Gasteiger partial charge in [-0.25, -0.2) is 0 Å². The fourth-order valence-corrected chi connectivity index (χ4v) is 10.2. The van der Waals surface area contributed by atoms with E-state index in [0.29, 0.717) is 41.2 Å². The molecule has 188 valence electrons. The Morgan fingerprint density at radius 3 is 2.52 bits per heavy atom. The van der Waals surface area contributed by atoms with Crippen LogP contribution >= 0.6 is 0 Å². The fourth-order valence-electron chi connectivity index (χ4n) is 10.2. The summed E-state index contributed by atoms with van der Waals surface area (Å²) in [4.78, 5) is 10.7. The summed E-state index contributed by atoms with van der Waals surface area (Å²) in [7, 11) is 0. The van der Waals surface area contributed by atoms with Crippen molar-refractivity contribution in [1.82, 2.24) is 0 Å². The van der Waals surface area contributed by atoms with Gasteiger partial charge >= 0.3 is 0 Å². The Morgan fingerprint density at radius 2 is 1.76 bits per heavy atom. The molecule has 0 radical (unpaired) electrons. The largest absolute Gasteiger partial charge is 0.393 e. The highest BCUT2D eigenvalue weighted by molar-refractivity contribution is 5.13. The molecule has 7 unspecified atom stereocenters. The Labute approximate surface area is 202 Å². The number of aliphatic hydroxyl groups is 1. The van der Waals surface area contributed by atoms with Crippen molar-refractivity contribution in [2.45, 2.75) is 123 Å². The predicted molar refractivity (Wildman–Crippen MR) is 133 cm³/mol. The first-order valence-corrected chi connectivity index (χ1v) is 14.3. The number of hydrogen-bond acceptors (Lipinski definition) is 4. The third-order valence-corrected chi connectivity index (χ3v) is 12.4. The zero-order valence-corrected chi connectivity index (χ0v) is 21.9. The monoisotopic (exact) mass is 459 g/mol. The molecule has 4 nitrogen and oxygen atoms in total. The van der Waals surface area contributed by atoms with Crippen molar-refractivity contribution < 1.29 is 9.84 Å². The fraction of sp³-hybridized carbons (Fsp3) is 1.00. The van der Waals surface area contributed by atoms with Gasteiger partial charge in [0.1, 0.15) is 0 Å². The summed E-state index contributed by atoms with van der Waals surface area (Å²) in [5, 5.41) is 13.5. The van der Waals surface area contributed by atoms with Gasteiger partial charge < -0.3 is 9.84 Å². The average molecular weight is 460 g/mol. The minimum Gasteiger partial charge on any atom is -0.393 e. The topological polar surface area (TPSA) is 58.9 Å². The molecule has 4 saturated carbocycles. The van der Waals surface area contributed by atoms with Crippen molar-refractivity contribution in [3.63, 3.8) is 0 Å². The second-order valence-corrected chi connectivity index (χ2v) is 14.0. The summed E-state index contributed by atoms with van der Waals surface area (Å²) < 4.78 is 6.93. The highest BCUT2D eigenvalue weighted by Crippen LogP contribution is 2.68. The normalized spacial score (nSPS) is 54.5. The van der Waals surface area contributed by atoms with Crippen LogP contribution in [0.2, 0.25) is 0 Å². The summed E-state index contributed by atoms with van der Waals surface area (Å²) in [5.74, 6) is 4.87. The maximum absolute atomic E-state index is 10.7. The second kappa shape index (κ2) is 8.57. The zero-order valence-electron chi connectivity index (χ0n) is 21.9. The molecule has 33 heavy (non-hydrogen) atoms. The van der Waals surface area contributed by atoms with E-state index >= 15 is 0 Å². The van der Waals surface area contributed by atoms with Crippen LogP contribution in [0.3, 0.4) is 0 Å². The summed E-state index contributed by atoms with van der Waals surface area (Å²) >= 11 is 0. The molecular weight excluding hydrogens is 410 g/mol. The SMILES string of the molecule is C[C@@H](CCC1(C)OC2CC3CC4CCC5C[C@H](O)CC[C@]5(C)C4CC[C@]3(C)C2[C@@H]1C)CN=O. The van der Waals surface area contributed by atoms with Crippen molar-refractivity contribution >= 4 is 0 Å². The van der Waals surface area contributed by atoms with Crippen LogP contribution in [0.25, 0.3) is 0 Å². The first kappa shape index (κ1) is 24.2. The Bertz CT molecular complexity index is 742. The van der Waals surface area contributed by atoms with E-state index in [1.165, 1.54) is 44.9 Å². The lowest BCUT2D eigenvalue weighted by molar-refractivity contribution is -0.0768. The lowest BCUT2D eigenvalue weighted by Gasteiger charge is -2.55. The van der Waals surface area contributed by atoms with Gasteiger partial charge in [-0.3, -0.25) is 0 Å². The Balaban J connectivity index is 1.33. The third-order valence-electron chi connectivity index (χ3n) is 12.4. The van der Waals surface area contributed by atoms with Crippen LogP contribution in [0, 0.1) is 57.2 Å². The first-order valence-electron chi connectivity index (χ1n) is 14.3. The Morgan fingerprint density at radius 1 is 1.00 bits per heavy atom. The van der Waals surface area contributed by atoms with Crippen LogP contribution < -0.4 is 0 Å². The summed E-state index contributed by atoms with van der Waals surface area (Å²) in [6, 6.07) is 0. The van der Waals surface area contributed by atoms with E-state index in [9.17, 15) is 10.0 Å². The molecule has 5 fully saturated rings. The first-order chi connectivity index (χ1) is 15.6. The molecule has 0 aromatic heterocycles. The average Bonchev–Trinajstić information content (AvgIpc) is 3.10. The van der Waals surface area contributed by atoms with Gasteiger partial charge in [-0.05, 0) is 130 Å². The standard InChI is InChI=1S/C29H49NO3/c1-18(17-30-32)8-13-29(5)19(2)26-25(33-29)16-22-14-20-6-7-21-15-23(31)9-11-27(21,3)24(20)10-12-28(22,26)4/h18-26,31H,6-17H2,1-5H3/t18-,19-,20?,21?,22?,23+,24?,25?,26?,27-,28-,29?/m0/s1. The molecule has 0 spiro atoms. The van der Waals surface area contributed by atoms with Gasteiger partial charge in [0.05, 0.1) is 24.4 Å². The van der Waals surface area contributed by atoms with Gasteiger partial charge in [0.25, 0.3) is 0 Å². The highest BCUT2D eigenvalue weighted by atomic mass is 16.5. The molecule has 1 saturated heterocycles. The van der Waals surface area contributed by atoms with E-state index in [1.54, 1.807) is 0 Å². The Kier molecular flexibility index (Phi) is 6.29. The number of hydrogen-bond donors (Lipinski definition) is 1. The van der Waals surface area contributed by atoms with Crippen molar-refractivity contribution in [2.75, 3.05) is 6.54 Å². The smallest absolute Gasteiger partial charge is 0.0836 e. The number of fused-ring (bicyclic) bond motifs is 6. The molecular formula is C29H49NO3. The number of aliphatic hydroxyl groups excluding tert-OH is 1. The highest BCUT2D eigenvalue weighted by Gasteiger charge is 2.64. The van der Waals surface area contributed by atoms with E-state index < -0.39 is 0 Å². The molecule has 12 atom stereocenters. The lowest BCUT2D eigenvalue weighted by Crippen LogP contribution is -2.47. The minimum absolute atomic E-state index is 0.0535.